The number of carbonyl (C=O) groups is 1. The average Bonchev–Trinajstić information content (AvgIpc) is 3.31. The fourth-order valence-corrected chi connectivity index (χ4v) is 3.79. The van der Waals surface area contributed by atoms with E-state index in [9.17, 15) is 14.3 Å². The zero-order valence-electron chi connectivity index (χ0n) is 17.2. The average molecular weight is 448 g/mol. The molecule has 8 nitrogen and oxygen atoms in total. The number of hydrogen-bond donors (Lipinski definition) is 3. The number of β-amino-alcohol motifs (C(OH)–C–C–N with tert-alkyl or cyclic N) is 1. The number of aliphatic hydroxyl groups is 1. The Hall–Kier alpha value is -2.75. The fourth-order valence-electron chi connectivity index (χ4n) is 3.71. The van der Waals surface area contributed by atoms with Gasteiger partial charge in [-0.2, -0.15) is 0 Å². The van der Waals surface area contributed by atoms with Gasteiger partial charge in [-0.25, -0.2) is 14.4 Å². The lowest BCUT2D eigenvalue weighted by atomic mass is 10.1. The van der Waals surface area contributed by atoms with Gasteiger partial charge in [-0.15, -0.1) is 0 Å². The van der Waals surface area contributed by atoms with Gasteiger partial charge in [0.25, 0.3) is 5.91 Å². The maximum absolute atomic E-state index is 13.9. The number of ether oxygens (including phenoxy) is 1. The molecule has 0 unspecified atom stereocenters. The van der Waals surface area contributed by atoms with E-state index >= 15 is 0 Å². The highest BCUT2D eigenvalue weighted by molar-refractivity contribution is 6.31. The molecule has 2 aliphatic heterocycles. The number of nitrogens with two attached hydrogens (primary N) is 1. The number of benzene rings is 1. The molecule has 31 heavy (non-hydrogen) atoms. The quantitative estimate of drug-likeness (QED) is 0.649. The lowest BCUT2D eigenvalue weighted by Crippen LogP contribution is -2.33. The highest BCUT2D eigenvalue weighted by Crippen LogP contribution is 2.29. The molecule has 1 saturated heterocycles. The Morgan fingerprint density at radius 3 is 2.65 bits per heavy atom. The molecule has 2 aliphatic rings. The summed E-state index contributed by atoms with van der Waals surface area (Å²) in [6.07, 6.45) is -1.31. The van der Waals surface area contributed by atoms with Gasteiger partial charge >= 0.3 is 0 Å². The molecule has 2 atom stereocenters. The summed E-state index contributed by atoms with van der Waals surface area (Å²) >= 11 is 6.16. The predicted molar refractivity (Wildman–Crippen MR) is 113 cm³/mol. The number of rotatable bonds is 4. The lowest BCUT2D eigenvalue weighted by Gasteiger charge is -2.21. The van der Waals surface area contributed by atoms with Crippen molar-refractivity contribution >= 4 is 23.1 Å². The molecule has 0 saturated carbocycles. The monoisotopic (exact) mass is 447 g/mol. The Labute approximate surface area is 183 Å². The van der Waals surface area contributed by atoms with Crippen LogP contribution in [0.1, 0.15) is 27.6 Å². The van der Waals surface area contributed by atoms with Crippen molar-refractivity contribution in [3.05, 3.63) is 57.5 Å². The van der Waals surface area contributed by atoms with Crippen LogP contribution in [0.3, 0.4) is 0 Å². The van der Waals surface area contributed by atoms with Gasteiger partial charge in [0.05, 0.1) is 35.1 Å². The molecule has 0 spiro atoms. The predicted octanol–water partition coefficient (Wildman–Crippen LogP) is 1.42. The molecule has 10 heteroatoms. The number of amides is 1. The van der Waals surface area contributed by atoms with Gasteiger partial charge in [0.2, 0.25) is 0 Å². The molecule has 1 amide bonds. The number of hydrogen-bond acceptors (Lipinski definition) is 7. The van der Waals surface area contributed by atoms with E-state index in [2.05, 4.69) is 15.3 Å². The van der Waals surface area contributed by atoms with Crippen LogP contribution in [0.2, 0.25) is 5.02 Å². The minimum absolute atomic E-state index is 0.0826. The maximum atomic E-state index is 13.9. The Morgan fingerprint density at radius 2 is 2.00 bits per heavy atom. The third kappa shape index (κ3) is 4.21. The van der Waals surface area contributed by atoms with E-state index < -0.39 is 18.0 Å². The van der Waals surface area contributed by atoms with Crippen molar-refractivity contribution < 1.29 is 19.0 Å². The summed E-state index contributed by atoms with van der Waals surface area (Å²) < 4.78 is 19.7. The summed E-state index contributed by atoms with van der Waals surface area (Å²) in [4.78, 5) is 23.6. The minimum Gasteiger partial charge on any atom is -0.485 e. The first-order valence-corrected chi connectivity index (χ1v) is 10.2. The van der Waals surface area contributed by atoms with E-state index in [0.717, 1.165) is 6.07 Å². The molecule has 1 fully saturated rings. The van der Waals surface area contributed by atoms with Crippen LogP contribution in [0.25, 0.3) is 5.57 Å². The number of aryl methyl sites for hydroxylation is 2. The van der Waals surface area contributed by atoms with Crippen molar-refractivity contribution in [2.45, 2.75) is 26.1 Å². The van der Waals surface area contributed by atoms with Gasteiger partial charge in [0.15, 0.2) is 5.82 Å². The van der Waals surface area contributed by atoms with Gasteiger partial charge < -0.3 is 25.8 Å². The minimum atomic E-state index is -0.740. The first kappa shape index (κ1) is 21.5. The number of nitrogens with zero attached hydrogens (tertiary/aromatic N) is 3. The first-order chi connectivity index (χ1) is 14.7. The van der Waals surface area contributed by atoms with Gasteiger partial charge in [0, 0.05) is 30.4 Å². The van der Waals surface area contributed by atoms with Crippen LogP contribution < -0.4 is 15.8 Å². The molecule has 2 aromatic rings. The van der Waals surface area contributed by atoms with E-state index in [0.29, 0.717) is 46.6 Å². The van der Waals surface area contributed by atoms with E-state index in [4.69, 9.17) is 22.1 Å². The molecule has 4 rings (SSSR count). The smallest absolute Gasteiger partial charge is 0.258 e. The van der Waals surface area contributed by atoms with Crippen LogP contribution in [-0.4, -0.2) is 64.3 Å². The summed E-state index contributed by atoms with van der Waals surface area (Å²) in [6.45, 7) is 4.73. The summed E-state index contributed by atoms with van der Waals surface area (Å²) in [5.41, 5.74) is 8.80. The maximum Gasteiger partial charge on any atom is 0.258 e. The fraction of sp³-hybridized carbons (Fsp3) is 0.381. The number of carbonyl (C=O) groups excluding carboxylic acids is 1. The topological polar surface area (TPSA) is 114 Å². The van der Waals surface area contributed by atoms with Crippen molar-refractivity contribution in [2.75, 3.05) is 26.2 Å². The second kappa shape index (κ2) is 8.41. The van der Waals surface area contributed by atoms with E-state index in [1.54, 1.807) is 13.8 Å². The van der Waals surface area contributed by atoms with Crippen molar-refractivity contribution in [1.29, 1.82) is 0 Å². The van der Waals surface area contributed by atoms with Crippen molar-refractivity contribution in [1.82, 2.24) is 20.2 Å². The third-order valence-electron chi connectivity index (χ3n) is 5.42. The van der Waals surface area contributed by atoms with Crippen molar-refractivity contribution in [3.8, 4) is 5.75 Å². The Bertz CT molecular complexity index is 1050. The Balaban J connectivity index is 1.57. The first-order valence-electron chi connectivity index (χ1n) is 9.87. The molecule has 164 valence electrons. The standard InChI is InChI=1S/C21H23ClFN5O3/c1-10-19(22)11(2)27-20(26-10)14-8-28(9-15(14)24)21(30)13-4-3-12(23)5-17(13)31-18-7-25-6-16(18)29/h3-5,16,18,25,29H,6-9,24H2,1-2H3/t16-,18-/m0/s1. The zero-order valence-corrected chi connectivity index (χ0v) is 17.9. The number of nitrogens with one attached hydrogen (secondary N) is 1. The second-order valence-electron chi connectivity index (χ2n) is 7.72. The molecule has 1 aromatic carbocycles. The SMILES string of the molecule is Cc1nc(C2=C(N)CN(C(=O)c3ccc(F)cc3O[C@H]3CNC[C@@H]3O)C2)nc(C)c1Cl. The molecule has 0 radical (unpaired) electrons. The molecule has 4 N–H and O–H groups in total. The van der Waals surface area contributed by atoms with Crippen LogP contribution in [0.5, 0.6) is 5.75 Å². The van der Waals surface area contributed by atoms with Gasteiger partial charge in [-0.3, -0.25) is 4.79 Å². The normalized spacial score (nSPS) is 21.1. The highest BCUT2D eigenvalue weighted by atomic mass is 35.5. The molecule has 1 aromatic heterocycles. The van der Waals surface area contributed by atoms with Crippen LogP contribution in [0.4, 0.5) is 4.39 Å². The summed E-state index contributed by atoms with van der Waals surface area (Å²) in [7, 11) is 0. The number of aromatic nitrogens is 2. The molecule has 0 bridgehead atoms. The van der Waals surface area contributed by atoms with Gasteiger partial charge in [-0.1, -0.05) is 11.6 Å². The third-order valence-corrected chi connectivity index (χ3v) is 5.97. The lowest BCUT2D eigenvalue weighted by molar-refractivity contribution is 0.0686. The molecule has 0 aliphatic carbocycles. The summed E-state index contributed by atoms with van der Waals surface area (Å²) in [6, 6.07) is 3.73. The van der Waals surface area contributed by atoms with Gasteiger partial charge in [0.1, 0.15) is 23.8 Å². The second-order valence-corrected chi connectivity index (χ2v) is 8.10. The van der Waals surface area contributed by atoms with E-state index in [1.807, 2.05) is 0 Å². The number of aliphatic hydroxyl groups excluding tert-OH is 1. The Kier molecular flexibility index (Phi) is 5.83. The molecular weight excluding hydrogens is 425 g/mol. The van der Waals surface area contributed by atoms with Crippen LogP contribution in [-0.2, 0) is 0 Å². The Morgan fingerprint density at radius 1 is 1.29 bits per heavy atom. The summed E-state index contributed by atoms with van der Waals surface area (Å²) in [5.74, 6) is -0.384. The molecule has 3 heterocycles. The van der Waals surface area contributed by atoms with Crippen LogP contribution >= 0.6 is 11.6 Å². The summed E-state index contributed by atoms with van der Waals surface area (Å²) in [5, 5.41) is 13.5. The van der Waals surface area contributed by atoms with E-state index in [-0.39, 0.29) is 30.3 Å². The van der Waals surface area contributed by atoms with E-state index in [1.165, 1.54) is 17.0 Å². The zero-order chi connectivity index (χ0) is 22.3. The highest BCUT2D eigenvalue weighted by Gasteiger charge is 2.32. The van der Waals surface area contributed by atoms with Gasteiger partial charge in [-0.05, 0) is 26.0 Å². The van der Waals surface area contributed by atoms with Crippen molar-refractivity contribution in [2.24, 2.45) is 5.73 Å². The molecular formula is C21H23ClFN5O3. The van der Waals surface area contributed by atoms with Crippen molar-refractivity contribution in [3.63, 3.8) is 0 Å². The van der Waals surface area contributed by atoms with Crippen LogP contribution in [0, 0.1) is 19.7 Å². The largest absolute Gasteiger partial charge is 0.485 e. The number of halogens is 2. The van der Waals surface area contributed by atoms with Crippen LogP contribution in [0.15, 0.2) is 23.9 Å².